The number of hydrogen-bond acceptors (Lipinski definition) is 3. The molecule has 1 rings (SSSR count). The summed E-state index contributed by atoms with van der Waals surface area (Å²) in [6.45, 7) is 3.14. The van der Waals surface area contributed by atoms with E-state index in [-0.39, 0.29) is 0 Å². The molecule has 1 aliphatic carbocycles. The van der Waals surface area contributed by atoms with Crippen molar-refractivity contribution in [3.05, 3.63) is 0 Å². The van der Waals surface area contributed by atoms with E-state index >= 15 is 0 Å². The number of methoxy groups -OCH3 is 1. The van der Waals surface area contributed by atoms with Crippen LogP contribution in [0.1, 0.15) is 38.5 Å². The molecule has 1 fully saturated rings. The van der Waals surface area contributed by atoms with Gasteiger partial charge in [0.2, 0.25) is 0 Å². The second-order valence-electron chi connectivity index (χ2n) is 5.17. The van der Waals surface area contributed by atoms with Crippen molar-refractivity contribution in [2.75, 3.05) is 33.9 Å². The van der Waals surface area contributed by atoms with E-state index in [0.717, 1.165) is 26.1 Å². The standard InChI is InChI=1S/C13H28N2O/c1-15(9-6-10-16-2)11-12-7-4-3-5-8-13(12)14/h12-13H,3-11,14H2,1-2H3. The van der Waals surface area contributed by atoms with E-state index < -0.39 is 0 Å². The molecule has 0 bridgehead atoms. The van der Waals surface area contributed by atoms with Gasteiger partial charge in [-0.3, -0.25) is 0 Å². The van der Waals surface area contributed by atoms with Crippen molar-refractivity contribution in [3.8, 4) is 0 Å². The Kier molecular flexibility index (Phi) is 7.01. The summed E-state index contributed by atoms with van der Waals surface area (Å²) in [6.07, 6.45) is 7.72. The molecule has 3 heteroatoms. The highest BCUT2D eigenvalue weighted by Gasteiger charge is 2.21. The summed E-state index contributed by atoms with van der Waals surface area (Å²) >= 11 is 0. The van der Waals surface area contributed by atoms with Gasteiger partial charge in [-0.1, -0.05) is 19.3 Å². The monoisotopic (exact) mass is 228 g/mol. The van der Waals surface area contributed by atoms with Crippen molar-refractivity contribution in [2.24, 2.45) is 11.7 Å². The predicted molar refractivity (Wildman–Crippen MR) is 68.5 cm³/mol. The molecule has 1 saturated carbocycles. The van der Waals surface area contributed by atoms with Crippen LogP contribution in [0.3, 0.4) is 0 Å². The van der Waals surface area contributed by atoms with E-state index in [1.807, 2.05) is 0 Å². The van der Waals surface area contributed by atoms with Crippen LogP contribution in [0.25, 0.3) is 0 Å². The quantitative estimate of drug-likeness (QED) is 0.557. The number of nitrogens with zero attached hydrogens (tertiary/aromatic N) is 1. The number of hydrogen-bond donors (Lipinski definition) is 1. The zero-order chi connectivity index (χ0) is 11.8. The molecular formula is C13H28N2O. The van der Waals surface area contributed by atoms with Crippen LogP contribution in [0.15, 0.2) is 0 Å². The molecule has 2 N–H and O–H groups in total. The highest BCUT2D eigenvalue weighted by molar-refractivity contribution is 4.78. The molecule has 0 aromatic rings. The molecule has 0 amide bonds. The van der Waals surface area contributed by atoms with Gasteiger partial charge in [0.05, 0.1) is 0 Å². The van der Waals surface area contributed by atoms with Crippen LogP contribution in [-0.2, 0) is 4.74 Å². The van der Waals surface area contributed by atoms with Crippen molar-refractivity contribution in [1.82, 2.24) is 4.90 Å². The second kappa shape index (κ2) is 8.04. The summed E-state index contributed by atoms with van der Waals surface area (Å²) in [5, 5.41) is 0. The van der Waals surface area contributed by atoms with Gasteiger partial charge in [0.15, 0.2) is 0 Å². The molecule has 0 heterocycles. The lowest BCUT2D eigenvalue weighted by Crippen LogP contribution is -2.37. The van der Waals surface area contributed by atoms with Crippen molar-refractivity contribution in [2.45, 2.75) is 44.6 Å². The van der Waals surface area contributed by atoms with Gasteiger partial charge in [-0.15, -0.1) is 0 Å². The van der Waals surface area contributed by atoms with E-state index in [1.54, 1.807) is 7.11 Å². The highest BCUT2D eigenvalue weighted by Crippen LogP contribution is 2.22. The summed E-state index contributed by atoms with van der Waals surface area (Å²) < 4.78 is 5.07. The van der Waals surface area contributed by atoms with Gasteiger partial charge in [0, 0.05) is 32.8 Å². The third kappa shape index (κ3) is 5.28. The van der Waals surface area contributed by atoms with Crippen LogP contribution < -0.4 is 5.73 Å². The van der Waals surface area contributed by atoms with Crippen molar-refractivity contribution < 1.29 is 4.74 Å². The van der Waals surface area contributed by atoms with Crippen LogP contribution >= 0.6 is 0 Å². The predicted octanol–water partition coefficient (Wildman–Crippen LogP) is 1.86. The Morgan fingerprint density at radius 2 is 2.00 bits per heavy atom. The molecule has 96 valence electrons. The summed E-state index contributed by atoms with van der Waals surface area (Å²) in [4.78, 5) is 2.41. The van der Waals surface area contributed by atoms with Crippen molar-refractivity contribution in [1.29, 1.82) is 0 Å². The molecule has 0 spiro atoms. The largest absolute Gasteiger partial charge is 0.385 e. The molecule has 2 unspecified atom stereocenters. The van der Waals surface area contributed by atoms with Gasteiger partial charge in [-0.05, 0) is 32.2 Å². The fourth-order valence-electron chi connectivity index (χ4n) is 2.61. The first kappa shape index (κ1) is 13.9. The molecule has 3 nitrogen and oxygen atoms in total. The SMILES string of the molecule is COCCCN(C)CC1CCCCCC1N. The molecule has 0 saturated heterocycles. The fourth-order valence-corrected chi connectivity index (χ4v) is 2.61. The lowest BCUT2D eigenvalue weighted by atomic mass is 9.95. The maximum Gasteiger partial charge on any atom is 0.0474 e. The van der Waals surface area contributed by atoms with Crippen LogP contribution in [0.2, 0.25) is 0 Å². The summed E-state index contributed by atoms with van der Waals surface area (Å²) in [5.41, 5.74) is 6.23. The number of rotatable bonds is 6. The number of ether oxygens (including phenoxy) is 1. The molecule has 2 atom stereocenters. The summed E-state index contributed by atoms with van der Waals surface area (Å²) in [5.74, 6) is 0.704. The molecule has 0 aromatic heterocycles. The lowest BCUT2D eigenvalue weighted by Gasteiger charge is -2.27. The van der Waals surface area contributed by atoms with E-state index in [0.29, 0.717) is 12.0 Å². The first-order chi connectivity index (χ1) is 7.74. The Labute approximate surface area is 100 Å². The Hall–Kier alpha value is -0.120. The van der Waals surface area contributed by atoms with Crippen molar-refractivity contribution in [3.63, 3.8) is 0 Å². The first-order valence-electron chi connectivity index (χ1n) is 6.67. The minimum atomic E-state index is 0.423. The van der Waals surface area contributed by atoms with Gasteiger partial charge in [-0.2, -0.15) is 0 Å². The van der Waals surface area contributed by atoms with Crippen LogP contribution in [-0.4, -0.2) is 44.8 Å². The van der Waals surface area contributed by atoms with Gasteiger partial charge < -0.3 is 15.4 Å². The van der Waals surface area contributed by atoms with Crippen LogP contribution in [0.4, 0.5) is 0 Å². The topological polar surface area (TPSA) is 38.5 Å². The average Bonchev–Trinajstić information content (AvgIpc) is 2.45. The Bertz CT molecular complexity index is 175. The Morgan fingerprint density at radius 3 is 2.75 bits per heavy atom. The molecular weight excluding hydrogens is 200 g/mol. The molecule has 1 aliphatic rings. The van der Waals surface area contributed by atoms with E-state index in [9.17, 15) is 0 Å². The fraction of sp³-hybridized carbons (Fsp3) is 1.00. The Morgan fingerprint density at radius 1 is 1.25 bits per heavy atom. The average molecular weight is 228 g/mol. The van der Waals surface area contributed by atoms with E-state index in [1.165, 1.54) is 32.1 Å². The molecule has 16 heavy (non-hydrogen) atoms. The zero-order valence-electron chi connectivity index (χ0n) is 11.0. The summed E-state index contributed by atoms with van der Waals surface area (Å²) in [6, 6.07) is 0.423. The minimum Gasteiger partial charge on any atom is -0.385 e. The van der Waals surface area contributed by atoms with Gasteiger partial charge in [-0.25, -0.2) is 0 Å². The maximum atomic E-state index is 6.23. The second-order valence-corrected chi connectivity index (χ2v) is 5.17. The lowest BCUT2D eigenvalue weighted by molar-refractivity contribution is 0.170. The van der Waals surface area contributed by atoms with Gasteiger partial charge in [0.25, 0.3) is 0 Å². The Balaban J connectivity index is 2.22. The smallest absolute Gasteiger partial charge is 0.0474 e. The maximum absolute atomic E-state index is 6.23. The van der Waals surface area contributed by atoms with E-state index in [4.69, 9.17) is 10.5 Å². The minimum absolute atomic E-state index is 0.423. The highest BCUT2D eigenvalue weighted by atomic mass is 16.5. The molecule has 0 aromatic carbocycles. The van der Waals surface area contributed by atoms with E-state index in [2.05, 4.69) is 11.9 Å². The van der Waals surface area contributed by atoms with Gasteiger partial charge >= 0.3 is 0 Å². The number of nitrogens with two attached hydrogens (primary N) is 1. The first-order valence-corrected chi connectivity index (χ1v) is 6.67. The van der Waals surface area contributed by atoms with Gasteiger partial charge in [0.1, 0.15) is 0 Å². The zero-order valence-corrected chi connectivity index (χ0v) is 11.0. The van der Waals surface area contributed by atoms with Crippen LogP contribution in [0.5, 0.6) is 0 Å². The summed E-state index contributed by atoms with van der Waals surface area (Å²) in [7, 11) is 3.97. The molecule has 0 radical (unpaired) electrons. The molecule has 0 aliphatic heterocycles. The third-order valence-electron chi connectivity index (χ3n) is 3.65. The van der Waals surface area contributed by atoms with Crippen LogP contribution in [0, 0.1) is 5.92 Å². The van der Waals surface area contributed by atoms with Crippen molar-refractivity contribution >= 4 is 0 Å². The normalized spacial score (nSPS) is 27.0. The third-order valence-corrected chi connectivity index (χ3v) is 3.65.